The fourth-order valence-electron chi connectivity index (χ4n) is 1.20. The highest BCUT2D eigenvalue weighted by molar-refractivity contribution is 7.86. The minimum atomic E-state index is -3.96. The predicted molar refractivity (Wildman–Crippen MR) is 62.6 cm³/mol. The molecule has 0 fully saturated rings. The predicted octanol–water partition coefficient (Wildman–Crippen LogP) is 0.536. The molecule has 1 aromatic carbocycles. The molecule has 1 atom stereocenters. The zero-order valence-electron chi connectivity index (χ0n) is 9.74. The van der Waals surface area contributed by atoms with E-state index in [-0.39, 0.29) is 4.90 Å². The minimum absolute atomic E-state index is 0.0318. The number of carboxylic acid groups (broad SMARTS) is 1. The number of benzene rings is 1. The molecule has 0 aliphatic carbocycles. The maximum atomic E-state index is 11.7. The van der Waals surface area contributed by atoms with Crippen LogP contribution in [-0.4, -0.2) is 37.3 Å². The van der Waals surface area contributed by atoms with Gasteiger partial charge in [-0.05, 0) is 19.1 Å². The van der Waals surface area contributed by atoms with Gasteiger partial charge in [0.2, 0.25) is 0 Å². The third-order valence-corrected chi connectivity index (χ3v) is 3.43. The molecule has 0 amide bonds. The molecule has 0 unspecified atom stereocenters. The molecule has 0 radical (unpaired) electrons. The van der Waals surface area contributed by atoms with E-state index in [1.165, 1.54) is 12.1 Å². The number of aryl methyl sites for hydroxylation is 1. The summed E-state index contributed by atoms with van der Waals surface area (Å²) in [5.41, 5.74) is 0.903. The van der Waals surface area contributed by atoms with E-state index in [1.807, 2.05) is 6.92 Å². The zero-order chi connectivity index (χ0) is 13.8. The topological polar surface area (TPSA) is 101 Å². The molecular formula is C11H14O6S. The first-order chi connectivity index (χ1) is 8.31. The van der Waals surface area contributed by atoms with Crippen molar-refractivity contribution in [1.82, 2.24) is 0 Å². The van der Waals surface area contributed by atoms with Gasteiger partial charge >= 0.3 is 5.97 Å². The third-order valence-electron chi connectivity index (χ3n) is 2.14. The fourth-order valence-corrected chi connectivity index (χ4v) is 2.14. The Morgan fingerprint density at radius 1 is 1.33 bits per heavy atom. The first-order valence-electron chi connectivity index (χ1n) is 5.17. The van der Waals surface area contributed by atoms with Crippen LogP contribution in [0.25, 0.3) is 0 Å². The van der Waals surface area contributed by atoms with Crippen LogP contribution in [0, 0.1) is 6.92 Å². The zero-order valence-corrected chi connectivity index (χ0v) is 10.6. The molecule has 1 rings (SSSR count). The lowest BCUT2D eigenvalue weighted by Gasteiger charge is -2.09. The number of aliphatic hydroxyl groups is 1. The highest BCUT2D eigenvalue weighted by atomic mass is 32.2. The number of carbonyl (C=O) groups is 1. The van der Waals surface area contributed by atoms with Crippen molar-refractivity contribution in [2.45, 2.75) is 24.3 Å². The summed E-state index contributed by atoms with van der Waals surface area (Å²) in [7, 11) is -3.96. The van der Waals surface area contributed by atoms with E-state index in [0.717, 1.165) is 5.56 Å². The van der Waals surface area contributed by atoms with E-state index in [0.29, 0.717) is 0 Å². The lowest BCUT2D eigenvalue weighted by molar-refractivity contribution is -0.139. The Morgan fingerprint density at radius 3 is 2.39 bits per heavy atom. The van der Waals surface area contributed by atoms with Gasteiger partial charge in [-0.1, -0.05) is 17.7 Å². The molecular weight excluding hydrogens is 260 g/mol. The van der Waals surface area contributed by atoms with Crippen molar-refractivity contribution >= 4 is 16.1 Å². The summed E-state index contributed by atoms with van der Waals surface area (Å²) in [6.45, 7) is 1.23. The van der Waals surface area contributed by atoms with E-state index in [9.17, 15) is 18.3 Å². The smallest absolute Gasteiger partial charge is 0.306 e. The van der Waals surface area contributed by atoms with Gasteiger partial charge in [0.25, 0.3) is 10.1 Å². The van der Waals surface area contributed by atoms with Gasteiger partial charge in [-0.25, -0.2) is 0 Å². The van der Waals surface area contributed by atoms with Crippen LogP contribution in [0.5, 0.6) is 0 Å². The summed E-state index contributed by atoms with van der Waals surface area (Å²) in [5, 5.41) is 17.6. The molecule has 0 bridgehead atoms. The van der Waals surface area contributed by atoms with Gasteiger partial charge in [0, 0.05) is 0 Å². The van der Waals surface area contributed by atoms with Crippen LogP contribution < -0.4 is 0 Å². The molecule has 0 aliphatic rings. The average Bonchev–Trinajstić information content (AvgIpc) is 2.26. The summed E-state index contributed by atoms with van der Waals surface area (Å²) >= 11 is 0. The molecule has 100 valence electrons. The van der Waals surface area contributed by atoms with Crippen LogP contribution in [0.4, 0.5) is 0 Å². The molecule has 0 saturated heterocycles. The first kappa shape index (κ1) is 14.6. The lowest BCUT2D eigenvalue weighted by atomic mass is 10.2. The van der Waals surface area contributed by atoms with Crippen LogP contribution in [-0.2, 0) is 19.1 Å². The Hall–Kier alpha value is -1.44. The normalized spacial score (nSPS) is 13.2. The maximum absolute atomic E-state index is 11.7. The van der Waals surface area contributed by atoms with Crippen molar-refractivity contribution in [3.63, 3.8) is 0 Å². The Balaban J connectivity index is 2.65. The molecule has 7 heteroatoms. The second kappa shape index (κ2) is 5.94. The summed E-state index contributed by atoms with van der Waals surface area (Å²) < 4.78 is 27.9. The van der Waals surface area contributed by atoms with Crippen molar-refractivity contribution in [3.05, 3.63) is 29.8 Å². The van der Waals surface area contributed by atoms with Crippen molar-refractivity contribution in [3.8, 4) is 0 Å². The number of hydrogen-bond acceptors (Lipinski definition) is 5. The SMILES string of the molecule is Cc1ccc(S(=O)(=O)OC[C@H](O)CC(=O)O)cc1. The molecule has 0 aromatic heterocycles. The van der Waals surface area contributed by atoms with Crippen molar-refractivity contribution < 1.29 is 27.6 Å². The summed E-state index contributed by atoms with van der Waals surface area (Å²) in [4.78, 5) is 10.2. The van der Waals surface area contributed by atoms with Gasteiger partial charge in [0.15, 0.2) is 0 Å². The Morgan fingerprint density at radius 2 is 1.89 bits per heavy atom. The monoisotopic (exact) mass is 274 g/mol. The Bertz CT molecular complexity index is 505. The molecule has 0 spiro atoms. The van der Waals surface area contributed by atoms with Gasteiger partial charge in [0.1, 0.15) is 0 Å². The summed E-state index contributed by atoms with van der Waals surface area (Å²) in [6, 6.07) is 6.00. The second-order valence-corrected chi connectivity index (χ2v) is 5.42. The maximum Gasteiger partial charge on any atom is 0.306 e. The van der Waals surface area contributed by atoms with Crippen LogP contribution in [0.1, 0.15) is 12.0 Å². The molecule has 6 nitrogen and oxygen atoms in total. The molecule has 0 saturated carbocycles. The number of carboxylic acids is 1. The largest absolute Gasteiger partial charge is 0.481 e. The van der Waals surface area contributed by atoms with Gasteiger partial charge < -0.3 is 10.2 Å². The van der Waals surface area contributed by atoms with Crippen molar-refractivity contribution in [1.29, 1.82) is 0 Å². The van der Waals surface area contributed by atoms with Crippen LogP contribution in [0.3, 0.4) is 0 Å². The van der Waals surface area contributed by atoms with Crippen molar-refractivity contribution in [2.75, 3.05) is 6.61 Å². The van der Waals surface area contributed by atoms with E-state index in [4.69, 9.17) is 5.11 Å². The average molecular weight is 274 g/mol. The number of rotatable bonds is 6. The van der Waals surface area contributed by atoms with Crippen LogP contribution in [0.15, 0.2) is 29.2 Å². The molecule has 0 heterocycles. The van der Waals surface area contributed by atoms with E-state index in [2.05, 4.69) is 4.18 Å². The standard InChI is InChI=1S/C11H14O6S/c1-8-2-4-10(5-3-8)18(15,16)17-7-9(12)6-11(13)14/h2-5,9,12H,6-7H2,1H3,(H,13,14)/t9-/m1/s1. The number of aliphatic hydroxyl groups excluding tert-OH is 1. The third kappa shape index (κ3) is 4.44. The quantitative estimate of drug-likeness (QED) is 0.734. The van der Waals surface area contributed by atoms with Gasteiger partial charge in [-0.2, -0.15) is 8.42 Å². The first-order valence-corrected chi connectivity index (χ1v) is 6.58. The summed E-state index contributed by atoms with van der Waals surface area (Å²) in [6.07, 6.45) is -1.92. The van der Waals surface area contributed by atoms with Gasteiger partial charge in [-0.3, -0.25) is 8.98 Å². The van der Waals surface area contributed by atoms with E-state index < -0.39 is 35.2 Å². The van der Waals surface area contributed by atoms with E-state index in [1.54, 1.807) is 12.1 Å². The van der Waals surface area contributed by atoms with Gasteiger partial charge in [-0.15, -0.1) is 0 Å². The molecule has 2 N–H and O–H groups in total. The molecule has 0 aliphatic heterocycles. The van der Waals surface area contributed by atoms with Crippen molar-refractivity contribution in [2.24, 2.45) is 0 Å². The lowest BCUT2D eigenvalue weighted by Crippen LogP contribution is -2.21. The summed E-state index contributed by atoms with van der Waals surface area (Å²) in [5.74, 6) is -1.22. The highest BCUT2D eigenvalue weighted by Crippen LogP contribution is 2.13. The minimum Gasteiger partial charge on any atom is -0.481 e. The van der Waals surface area contributed by atoms with E-state index >= 15 is 0 Å². The number of hydrogen-bond donors (Lipinski definition) is 2. The van der Waals surface area contributed by atoms with Gasteiger partial charge in [0.05, 0.1) is 24.0 Å². The Labute approximate surface area is 105 Å². The molecule has 1 aromatic rings. The molecule has 18 heavy (non-hydrogen) atoms. The fraction of sp³-hybridized carbons (Fsp3) is 0.364. The van der Waals surface area contributed by atoms with Crippen LogP contribution >= 0.6 is 0 Å². The highest BCUT2D eigenvalue weighted by Gasteiger charge is 2.18. The second-order valence-electron chi connectivity index (χ2n) is 3.80. The van der Waals surface area contributed by atoms with Crippen LogP contribution in [0.2, 0.25) is 0 Å². The Kier molecular flexibility index (Phi) is 4.83. The number of aliphatic carboxylic acids is 1.